The molecular weight excluding hydrogens is 397 g/mol. The number of nitriles is 1. The van der Waals surface area contributed by atoms with Crippen LogP contribution in [0.15, 0.2) is 34.9 Å². The first kappa shape index (κ1) is 20.0. The average Bonchev–Trinajstić information content (AvgIpc) is 2.98. The van der Waals surface area contributed by atoms with E-state index in [-0.39, 0.29) is 28.7 Å². The van der Waals surface area contributed by atoms with Crippen molar-refractivity contribution in [2.24, 2.45) is 5.10 Å². The van der Waals surface area contributed by atoms with E-state index >= 15 is 0 Å². The van der Waals surface area contributed by atoms with E-state index in [2.05, 4.69) is 5.10 Å². The zero-order chi connectivity index (χ0) is 21.3. The van der Waals surface area contributed by atoms with Gasteiger partial charge in [0.1, 0.15) is 17.5 Å². The maximum Gasteiger partial charge on any atom is 0.280 e. The molecule has 0 spiro atoms. The monoisotopic (exact) mass is 407 g/mol. The van der Waals surface area contributed by atoms with Gasteiger partial charge in [0.25, 0.3) is 5.91 Å². The summed E-state index contributed by atoms with van der Waals surface area (Å²) in [6.45, 7) is 1.06. The van der Waals surface area contributed by atoms with Crippen molar-refractivity contribution in [3.8, 4) is 11.8 Å². The van der Waals surface area contributed by atoms with E-state index < -0.39 is 40.7 Å². The molecule has 3 rings (SSSR count). The van der Waals surface area contributed by atoms with Crippen molar-refractivity contribution in [2.75, 3.05) is 11.6 Å². The summed E-state index contributed by atoms with van der Waals surface area (Å²) in [6.07, 6.45) is 1.28. The topological polar surface area (TPSA) is 65.7 Å². The molecule has 1 aliphatic heterocycles. The number of hydrazone groups is 1. The van der Waals surface area contributed by atoms with Crippen molar-refractivity contribution in [3.63, 3.8) is 0 Å². The Morgan fingerprint density at radius 2 is 1.66 bits per heavy atom. The molecule has 0 N–H and O–H groups in total. The molecule has 0 fully saturated rings. The van der Waals surface area contributed by atoms with Gasteiger partial charge in [0, 0.05) is 5.56 Å². The molecule has 1 amide bonds. The molecule has 2 aromatic carbocycles. The van der Waals surface area contributed by atoms with E-state index in [9.17, 15) is 26.7 Å². The standard InChI is InChI=1S/C19H10F5N3O2/c1-9-11(8-10-4-2-3-5-12(10)29-7-6-25)19(28)27(26-9)18-16(23)14(21)13(20)15(22)17(18)24/h2-5,8H,7H2,1H3/b11-8+. The molecule has 0 aromatic heterocycles. The van der Waals surface area contributed by atoms with Gasteiger partial charge in [0.2, 0.25) is 5.82 Å². The molecule has 0 aliphatic carbocycles. The summed E-state index contributed by atoms with van der Waals surface area (Å²) in [5.41, 5.74) is -1.29. The Morgan fingerprint density at radius 1 is 1.07 bits per heavy atom. The Labute approximate surface area is 160 Å². The highest BCUT2D eigenvalue weighted by atomic mass is 19.2. The molecule has 5 nitrogen and oxygen atoms in total. The summed E-state index contributed by atoms with van der Waals surface area (Å²) in [5.74, 6) is -11.9. The quantitative estimate of drug-likeness (QED) is 0.332. The van der Waals surface area contributed by atoms with Gasteiger partial charge in [-0.3, -0.25) is 4.79 Å². The first-order valence-corrected chi connectivity index (χ1v) is 7.99. The van der Waals surface area contributed by atoms with Gasteiger partial charge in [-0.2, -0.15) is 15.4 Å². The number of anilines is 1. The lowest BCUT2D eigenvalue weighted by Gasteiger charge is -2.15. The zero-order valence-corrected chi connectivity index (χ0v) is 14.6. The number of carbonyl (C=O) groups excluding carboxylic acids is 1. The Kier molecular flexibility index (Phi) is 5.32. The number of amides is 1. The molecule has 29 heavy (non-hydrogen) atoms. The summed E-state index contributed by atoms with van der Waals surface area (Å²) in [7, 11) is 0. The Balaban J connectivity index is 2.07. The minimum Gasteiger partial charge on any atom is -0.478 e. The van der Waals surface area contributed by atoms with Crippen LogP contribution in [0.3, 0.4) is 0 Å². The van der Waals surface area contributed by atoms with Crippen molar-refractivity contribution in [1.82, 2.24) is 0 Å². The lowest BCUT2D eigenvalue weighted by Crippen LogP contribution is -2.25. The molecule has 10 heteroatoms. The van der Waals surface area contributed by atoms with E-state index in [1.165, 1.54) is 19.1 Å². The van der Waals surface area contributed by atoms with E-state index in [1.54, 1.807) is 24.3 Å². The fourth-order valence-corrected chi connectivity index (χ4v) is 2.61. The van der Waals surface area contributed by atoms with Crippen LogP contribution in [0, 0.1) is 40.4 Å². The van der Waals surface area contributed by atoms with E-state index in [0.717, 1.165) is 0 Å². The van der Waals surface area contributed by atoms with E-state index in [0.29, 0.717) is 5.56 Å². The third-order valence-corrected chi connectivity index (χ3v) is 3.97. The number of benzene rings is 2. The zero-order valence-electron chi connectivity index (χ0n) is 14.6. The van der Waals surface area contributed by atoms with Crippen molar-refractivity contribution in [1.29, 1.82) is 5.26 Å². The summed E-state index contributed by atoms with van der Waals surface area (Å²) >= 11 is 0. The maximum absolute atomic E-state index is 14.1. The normalized spacial score (nSPS) is 14.9. The molecule has 148 valence electrons. The molecule has 0 bridgehead atoms. The van der Waals surface area contributed by atoms with Crippen LogP contribution in [-0.2, 0) is 4.79 Å². The van der Waals surface area contributed by atoms with Crippen molar-refractivity contribution in [2.45, 2.75) is 6.92 Å². The van der Waals surface area contributed by atoms with Gasteiger partial charge < -0.3 is 4.74 Å². The van der Waals surface area contributed by atoms with Crippen LogP contribution in [-0.4, -0.2) is 18.2 Å². The van der Waals surface area contributed by atoms with Crippen LogP contribution in [0.5, 0.6) is 5.75 Å². The lowest BCUT2D eigenvalue weighted by atomic mass is 10.1. The minimum atomic E-state index is -2.34. The number of rotatable bonds is 4. The predicted molar refractivity (Wildman–Crippen MR) is 92.4 cm³/mol. The van der Waals surface area contributed by atoms with Crippen molar-refractivity contribution in [3.05, 3.63) is 64.5 Å². The minimum absolute atomic E-state index is 0.0194. The van der Waals surface area contributed by atoms with Gasteiger partial charge in [0.05, 0.1) is 11.3 Å². The van der Waals surface area contributed by atoms with Crippen LogP contribution < -0.4 is 9.75 Å². The molecule has 0 radical (unpaired) electrons. The van der Waals surface area contributed by atoms with Gasteiger partial charge >= 0.3 is 0 Å². The molecular formula is C19H10F5N3O2. The molecule has 1 heterocycles. The van der Waals surface area contributed by atoms with Crippen LogP contribution in [0.2, 0.25) is 0 Å². The third-order valence-electron chi connectivity index (χ3n) is 3.97. The van der Waals surface area contributed by atoms with Gasteiger partial charge in [0.15, 0.2) is 29.9 Å². The highest BCUT2D eigenvalue weighted by Crippen LogP contribution is 2.34. The highest BCUT2D eigenvalue weighted by molar-refractivity contribution is 6.32. The molecule has 1 aliphatic rings. The van der Waals surface area contributed by atoms with Gasteiger partial charge in [-0.25, -0.2) is 22.0 Å². The van der Waals surface area contributed by atoms with E-state index in [4.69, 9.17) is 10.00 Å². The maximum atomic E-state index is 14.1. The lowest BCUT2D eigenvalue weighted by molar-refractivity contribution is -0.114. The van der Waals surface area contributed by atoms with Crippen molar-refractivity contribution < 1.29 is 31.5 Å². The SMILES string of the molecule is CC1=NN(c2c(F)c(F)c(F)c(F)c2F)C(=O)/C1=C/c1ccccc1OCC#N. The van der Waals surface area contributed by atoms with Crippen LogP contribution in [0.1, 0.15) is 12.5 Å². The fourth-order valence-electron chi connectivity index (χ4n) is 2.61. The molecule has 0 saturated heterocycles. The van der Waals surface area contributed by atoms with Crippen molar-refractivity contribution >= 4 is 23.4 Å². The molecule has 0 atom stereocenters. The van der Waals surface area contributed by atoms with Gasteiger partial charge in [-0.15, -0.1) is 0 Å². The molecule has 2 aromatic rings. The van der Waals surface area contributed by atoms with E-state index in [1.807, 2.05) is 0 Å². The number of hydrogen-bond donors (Lipinski definition) is 0. The average molecular weight is 407 g/mol. The number of hydrogen-bond acceptors (Lipinski definition) is 4. The summed E-state index contributed by atoms with van der Waals surface area (Å²) in [6, 6.07) is 8.08. The third kappa shape index (κ3) is 3.42. The number of carbonyl (C=O) groups is 1. The van der Waals surface area contributed by atoms with Gasteiger partial charge in [-0.1, -0.05) is 18.2 Å². The Morgan fingerprint density at radius 3 is 2.28 bits per heavy atom. The summed E-state index contributed by atoms with van der Waals surface area (Å²) in [5, 5.41) is 12.4. The molecule has 0 unspecified atom stereocenters. The smallest absolute Gasteiger partial charge is 0.280 e. The number of nitrogens with zero attached hydrogens (tertiary/aromatic N) is 3. The molecule has 0 saturated carbocycles. The second kappa shape index (κ2) is 7.71. The fraction of sp³-hybridized carbons (Fsp3) is 0.105. The highest BCUT2D eigenvalue weighted by Gasteiger charge is 2.37. The number of para-hydroxylation sites is 1. The van der Waals surface area contributed by atoms with Crippen LogP contribution >= 0.6 is 0 Å². The van der Waals surface area contributed by atoms with Crippen LogP contribution in [0.4, 0.5) is 27.6 Å². The summed E-state index contributed by atoms with van der Waals surface area (Å²) < 4.78 is 73.6. The Bertz CT molecular complexity index is 1090. The Hall–Kier alpha value is -3.74. The first-order valence-electron chi connectivity index (χ1n) is 7.99. The van der Waals surface area contributed by atoms with Crippen LogP contribution in [0.25, 0.3) is 6.08 Å². The van der Waals surface area contributed by atoms with Gasteiger partial charge in [-0.05, 0) is 19.1 Å². The number of halogens is 5. The predicted octanol–water partition coefficient (Wildman–Crippen LogP) is 4.09. The number of ether oxygens (including phenoxy) is 1. The second-order valence-electron chi connectivity index (χ2n) is 5.76. The summed E-state index contributed by atoms with van der Waals surface area (Å²) in [4.78, 5) is 12.6. The second-order valence-corrected chi connectivity index (χ2v) is 5.76. The largest absolute Gasteiger partial charge is 0.478 e. The first-order chi connectivity index (χ1) is 13.8.